The number of pyridine rings is 1. The van der Waals surface area contributed by atoms with E-state index in [4.69, 9.17) is 0 Å². The molecule has 0 fully saturated rings. The number of aromatic nitrogens is 3. The number of rotatable bonds is 3. The third-order valence-corrected chi connectivity index (χ3v) is 4.07. The van der Waals surface area contributed by atoms with Gasteiger partial charge in [-0.1, -0.05) is 0 Å². The van der Waals surface area contributed by atoms with Crippen LogP contribution in [0, 0.1) is 13.8 Å². The van der Waals surface area contributed by atoms with Crippen LogP contribution in [-0.4, -0.2) is 57.7 Å². The predicted octanol–water partition coefficient (Wildman–Crippen LogP) is 1.65. The van der Waals surface area contributed by atoms with Gasteiger partial charge < -0.3 is 9.80 Å². The van der Waals surface area contributed by atoms with Crippen molar-refractivity contribution in [3.05, 3.63) is 47.0 Å². The second kappa shape index (κ2) is 6.12. The smallest absolute Gasteiger partial charge is 0.254 e. The van der Waals surface area contributed by atoms with E-state index in [2.05, 4.69) is 15.0 Å². The average Bonchev–Trinajstić information content (AvgIpc) is 2.93. The summed E-state index contributed by atoms with van der Waals surface area (Å²) in [5.74, 6) is 0.0646. The Morgan fingerprint density at radius 1 is 1.30 bits per heavy atom. The lowest BCUT2D eigenvalue weighted by Gasteiger charge is -2.35. The van der Waals surface area contributed by atoms with E-state index >= 15 is 0 Å². The van der Waals surface area contributed by atoms with Gasteiger partial charge in [-0.05, 0) is 46.1 Å². The summed E-state index contributed by atoms with van der Waals surface area (Å²) in [4.78, 5) is 21.3. The maximum absolute atomic E-state index is 12.9. The molecule has 23 heavy (non-hydrogen) atoms. The highest BCUT2D eigenvalue weighted by molar-refractivity contribution is 5.94. The second-order valence-corrected chi connectivity index (χ2v) is 6.51. The topological polar surface area (TPSA) is 54.3 Å². The van der Waals surface area contributed by atoms with E-state index < -0.39 is 0 Å². The Labute approximate surface area is 136 Å². The van der Waals surface area contributed by atoms with Crippen LogP contribution in [0.4, 0.5) is 0 Å². The van der Waals surface area contributed by atoms with Crippen molar-refractivity contribution < 1.29 is 4.79 Å². The maximum atomic E-state index is 12.9. The quantitative estimate of drug-likeness (QED) is 0.865. The maximum Gasteiger partial charge on any atom is 0.254 e. The molecule has 3 rings (SSSR count). The molecule has 0 N–H and O–H groups in total. The third-order valence-electron chi connectivity index (χ3n) is 4.07. The number of amides is 1. The van der Waals surface area contributed by atoms with Gasteiger partial charge in [0.1, 0.15) is 0 Å². The van der Waals surface area contributed by atoms with Crippen molar-refractivity contribution in [2.24, 2.45) is 0 Å². The molecule has 122 valence electrons. The van der Waals surface area contributed by atoms with E-state index in [0.29, 0.717) is 18.7 Å². The highest BCUT2D eigenvalue weighted by Crippen LogP contribution is 2.22. The lowest BCUT2D eigenvalue weighted by molar-refractivity contribution is 0.0652. The molecule has 1 aliphatic rings. The molecule has 0 saturated carbocycles. The minimum Gasteiger partial charge on any atom is -0.331 e. The summed E-state index contributed by atoms with van der Waals surface area (Å²) in [7, 11) is 4.08. The van der Waals surface area contributed by atoms with Crippen LogP contribution in [0.25, 0.3) is 0 Å². The van der Waals surface area contributed by atoms with E-state index in [-0.39, 0.29) is 11.9 Å². The molecule has 0 aliphatic carbocycles. The fourth-order valence-corrected chi connectivity index (χ4v) is 3.24. The number of hydrogen-bond donors (Lipinski definition) is 0. The van der Waals surface area contributed by atoms with Gasteiger partial charge >= 0.3 is 0 Å². The van der Waals surface area contributed by atoms with Crippen LogP contribution in [0.2, 0.25) is 0 Å². The van der Waals surface area contributed by atoms with E-state index in [1.54, 1.807) is 0 Å². The molecular formula is C17H23N5O. The molecule has 6 nitrogen and oxygen atoms in total. The molecule has 1 atom stereocenters. The van der Waals surface area contributed by atoms with Crippen molar-refractivity contribution in [1.29, 1.82) is 0 Å². The highest BCUT2D eigenvalue weighted by atomic mass is 16.2. The van der Waals surface area contributed by atoms with Gasteiger partial charge in [0.15, 0.2) is 0 Å². The molecule has 3 heterocycles. The summed E-state index contributed by atoms with van der Waals surface area (Å²) in [5, 5.41) is 4.43. The van der Waals surface area contributed by atoms with E-state index in [1.807, 2.05) is 61.9 Å². The SMILES string of the molecule is Cc1cc(C(=O)N2Cc3ccnn3[C@@H](CN(C)C)C2)cc(C)n1. The first-order valence-electron chi connectivity index (χ1n) is 7.85. The Bertz CT molecular complexity index is 701. The zero-order valence-electron chi connectivity index (χ0n) is 14.2. The summed E-state index contributed by atoms with van der Waals surface area (Å²) >= 11 is 0. The van der Waals surface area contributed by atoms with Gasteiger partial charge in [-0.25, -0.2) is 0 Å². The van der Waals surface area contributed by atoms with Crippen molar-refractivity contribution in [1.82, 2.24) is 24.6 Å². The summed E-state index contributed by atoms with van der Waals surface area (Å²) in [6.45, 7) is 5.97. The fourth-order valence-electron chi connectivity index (χ4n) is 3.24. The number of carbonyl (C=O) groups excluding carboxylic acids is 1. The summed E-state index contributed by atoms with van der Waals surface area (Å²) in [6.07, 6.45) is 1.81. The predicted molar refractivity (Wildman–Crippen MR) is 88.3 cm³/mol. The largest absolute Gasteiger partial charge is 0.331 e. The standard InChI is InChI=1S/C17H23N5O/c1-12-7-14(8-13(2)19-12)17(23)21-10-15-5-6-18-22(15)16(11-21)9-20(3)4/h5-8,16H,9-11H2,1-4H3/t16-/m0/s1. The van der Waals surface area contributed by atoms with E-state index in [1.165, 1.54) is 0 Å². The van der Waals surface area contributed by atoms with Crippen molar-refractivity contribution >= 4 is 5.91 Å². The molecule has 1 aliphatic heterocycles. The van der Waals surface area contributed by atoms with Crippen LogP contribution in [-0.2, 0) is 6.54 Å². The Morgan fingerprint density at radius 2 is 2.00 bits per heavy atom. The first kappa shape index (κ1) is 15.7. The Kier molecular flexibility index (Phi) is 4.17. The third kappa shape index (κ3) is 3.27. The van der Waals surface area contributed by atoms with Crippen LogP contribution >= 0.6 is 0 Å². The van der Waals surface area contributed by atoms with Crippen LogP contribution in [0.15, 0.2) is 24.4 Å². The van der Waals surface area contributed by atoms with Crippen molar-refractivity contribution in [2.45, 2.75) is 26.4 Å². The van der Waals surface area contributed by atoms with Crippen LogP contribution in [0.3, 0.4) is 0 Å². The molecule has 2 aromatic heterocycles. The van der Waals surface area contributed by atoms with Crippen molar-refractivity contribution in [2.75, 3.05) is 27.2 Å². The van der Waals surface area contributed by atoms with Gasteiger partial charge in [-0.3, -0.25) is 14.5 Å². The van der Waals surface area contributed by atoms with Crippen molar-refractivity contribution in [3.63, 3.8) is 0 Å². The number of likely N-dealkylation sites (N-methyl/N-ethyl adjacent to an activating group) is 1. The van der Waals surface area contributed by atoms with Gasteiger partial charge in [0, 0.05) is 36.2 Å². The summed E-state index contributed by atoms with van der Waals surface area (Å²) in [6, 6.07) is 5.90. The lowest BCUT2D eigenvalue weighted by atomic mass is 10.1. The molecule has 0 spiro atoms. The number of hydrogen-bond acceptors (Lipinski definition) is 4. The average molecular weight is 313 g/mol. The summed E-state index contributed by atoms with van der Waals surface area (Å²) in [5.41, 5.74) is 3.55. The monoisotopic (exact) mass is 313 g/mol. The minimum atomic E-state index is 0.0646. The number of fused-ring (bicyclic) bond motifs is 1. The molecular weight excluding hydrogens is 290 g/mol. The number of nitrogens with zero attached hydrogens (tertiary/aromatic N) is 5. The lowest BCUT2D eigenvalue weighted by Crippen LogP contribution is -2.44. The molecule has 0 aromatic carbocycles. The Hall–Kier alpha value is -2.21. The fraction of sp³-hybridized carbons (Fsp3) is 0.471. The minimum absolute atomic E-state index is 0.0646. The van der Waals surface area contributed by atoms with Gasteiger partial charge in [-0.15, -0.1) is 0 Å². The van der Waals surface area contributed by atoms with Gasteiger partial charge in [0.2, 0.25) is 0 Å². The molecule has 0 unspecified atom stereocenters. The molecule has 0 radical (unpaired) electrons. The number of aryl methyl sites for hydroxylation is 2. The Morgan fingerprint density at radius 3 is 2.65 bits per heavy atom. The number of carbonyl (C=O) groups is 1. The van der Waals surface area contributed by atoms with E-state index in [9.17, 15) is 4.79 Å². The first-order valence-corrected chi connectivity index (χ1v) is 7.85. The van der Waals surface area contributed by atoms with Crippen LogP contribution in [0.1, 0.15) is 33.5 Å². The zero-order chi connectivity index (χ0) is 16.6. The van der Waals surface area contributed by atoms with Gasteiger partial charge in [-0.2, -0.15) is 5.10 Å². The van der Waals surface area contributed by atoms with E-state index in [0.717, 1.165) is 23.6 Å². The molecule has 1 amide bonds. The zero-order valence-corrected chi connectivity index (χ0v) is 14.2. The normalized spacial score (nSPS) is 17.4. The Balaban J connectivity index is 1.87. The second-order valence-electron chi connectivity index (χ2n) is 6.51. The first-order chi connectivity index (χ1) is 10.9. The summed E-state index contributed by atoms with van der Waals surface area (Å²) < 4.78 is 2.05. The van der Waals surface area contributed by atoms with Crippen LogP contribution < -0.4 is 0 Å². The molecule has 2 aromatic rings. The molecule has 0 saturated heterocycles. The van der Waals surface area contributed by atoms with Crippen LogP contribution in [0.5, 0.6) is 0 Å². The van der Waals surface area contributed by atoms with Gasteiger partial charge in [0.05, 0.1) is 18.3 Å². The highest BCUT2D eigenvalue weighted by Gasteiger charge is 2.29. The molecule has 0 bridgehead atoms. The van der Waals surface area contributed by atoms with Crippen molar-refractivity contribution in [3.8, 4) is 0 Å². The molecule has 6 heteroatoms. The van der Waals surface area contributed by atoms with Gasteiger partial charge in [0.25, 0.3) is 5.91 Å².